The SMILES string of the molecule is CC1CC2CCN(c3cc(C(F)(F)F)c4cn(-c5cccc([C@H](c6nncn6C)C6CCC6)c5)c(=O)n4c3)CC(C1)N2. The molecule has 3 aromatic heterocycles. The maximum Gasteiger partial charge on any atom is 0.418 e. The number of anilines is 1. The number of hydrogen-bond acceptors (Lipinski definition) is 5. The van der Waals surface area contributed by atoms with Crippen molar-refractivity contribution in [2.75, 3.05) is 18.0 Å². The highest BCUT2D eigenvalue weighted by Crippen LogP contribution is 2.43. The highest BCUT2D eigenvalue weighted by Gasteiger charge is 2.37. The zero-order chi connectivity index (χ0) is 29.2. The second-order valence-corrected chi connectivity index (χ2v) is 12.6. The number of pyridine rings is 1. The summed E-state index contributed by atoms with van der Waals surface area (Å²) in [5.74, 6) is 1.83. The Labute approximate surface area is 242 Å². The van der Waals surface area contributed by atoms with Crippen molar-refractivity contribution < 1.29 is 13.2 Å². The van der Waals surface area contributed by atoms with Crippen LogP contribution in [0.15, 0.2) is 53.8 Å². The molecule has 11 heteroatoms. The molecule has 0 spiro atoms. The van der Waals surface area contributed by atoms with Crippen molar-refractivity contribution in [1.82, 2.24) is 29.0 Å². The normalized spacial score (nSPS) is 24.0. The Balaban J connectivity index is 1.31. The Kier molecular flexibility index (Phi) is 6.67. The van der Waals surface area contributed by atoms with Crippen LogP contribution in [0.4, 0.5) is 18.9 Å². The lowest BCUT2D eigenvalue weighted by molar-refractivity contribution is -0.136. The predicted octanol–water partition coefficient (Wildman–Crippen LogP) is 5.14. The first-order valence-corrected chi connectivity index (χ1v) is 15.0. The Morgan fingerprint density at radius 1 is 1.05 bits per heavy atom. The van der Waals surface area contributed by atoms with E-state index < -0.39 is 17.4 Å². The number of rotatable bonds is 5. The van der Waals surface area contributed by atoms with Crippen LogP contribution in [0.5, 0.6) is 0 Å². The van der Waals surface area contributed by atoms with Crippen molar-refractivity contribution in [2.24, 2.45) is 18.9 Å². The Morgan fingerprint density at radius 3 is 2.57 bits per heavy atom. The fourth-order valence-electron chi connectivity index (χ4n) is 7.38. The van der Waals surface area contributed by atoms with Crippen LogP contribution in [0.1, 0.15) is 68.3 Å². The van der Waals surface area contributed by atoms with Gasteiger partial charge in [0.25, 0.3) is 0 Å². The molecule has 5 heterocycles. The van der Waals surface area contributed by atoms with Gasteiger partial charge in [0.15, 0.2) is 0 Å². The number of nitrogens with one attached hydrogen (secondary N) is 1. The van der Waals surface area contributed by atoms with Gasteiger partial charge in [-0.15, -0.1) is 10.2 Å². The third kappa shape index (κ3) is 4.81. The average Bonchev–Trinajstić information content (AvgIpc) is 3.45. The number of alkyl halides is 3. The van der Waals surface area contributed by atoms with Gasteiger partial charge in [-0.2, -0.15) is 13.2 Å². The average molecular weight is 580 g/mol. The first-order valence-electron chi connectivity index (χ1n) is 15.0. The van der Waals surface area contributed by atoms with Gasteiger partial charge in [-0.3, -0.25) is 8.97 Å². The van der Waals surface area contributed by atoms with Crippen LogP contribution >= 0.6 is 0 Å². The van der Waals surface area contributed by atoms with Gasteiger partial charge in [-0.25, -0.2) is 4.79 Å². The zero-order valence-electron chi connectivity index (χ0n) is 23.9. The summed E-state index contributed by atoms with van der Waals surface area (Å²) in [7, 11) is 1.92. The van der Waals surface area contributed by atoms with Crippen molar-refractivity contribution in [3.63, 3.8) is 0 Å². The molecule has 1 saturated carbocycles. The number of aryl methyl sites for hydroxylation is 1. The first-order chi connectivity index (χ1) is 20.2. The van der Waals surface area contributed by atoms with E-state index in [4.69, 9.17) is 0 Å². The molecule has 2 saturated heterocycles. The van der Waals surface area contributed by atoms with E-state index in [2.05, 4.69) is 22.4 Å². The number of aromatic nitrogens is 5. The fourth-order valence-corrected chi connectivity index (χ4v) is 7.38. The number of hydrogen-bond donors (Lipinski definition) is 1. The van der Waals surface area contributed by atoms with Crippen LogP contribution in [0.2, 0.25) is 0 Å². The molecule has 3 unspecified atom stereocenters. The van der Waals surface area contributed by atoms with Gasteiger partial charge in [0.1, 0.15) is 12.2 Å². The number of nitrogens with zero attached hydrogens (tertiary/aromatic N) is 6. The molecule has 0 amide bonds. The lowest BCUT2D eigenvalue weighted by Crippen LogP contribution is -2.46. The Morgan fingerprint density at radius 2 is 1.86 bits per heavy atom. The highest BCUT2D eigenvalue weighted by molar-refractivity contribution is 5.63. The third-order valence-corrected chi connectivity index (χ3v) is 9.61. The minimum atomic E-state index is -4.61. The fraction of sp³-hybridized carbons (Fsp3) is 0.516. The lowest BCUT2D eigenvalue weighted by Gasteiger charge is -2.33. The number of fused-ring (bicyclic) bond motifs is 3. The van der Waals surface area contributed by atoms with E-state index in [1.165, 1.54) is 21.2 Å². The molecule has 1 aliphatic carbocycles. The van der Waals surface area contributed by atoms with Crippen molar-refractivity contribution in [3.8, 4) is 5.69 Å². The molecule has 8 nitrogen and oxygen atoms in total. The minimum absolute atomic E-state index is 0.00458. The molecule has 3 aliphatic rings. The number of benzene rings is 1. The van der Waals surface area contributed by atoms with E-state index >= 15 is 0 Å². The molecule has 1 N–H and O–H groups in total. The molecule has 42 heavy (non-hydrogen) atoms. The van der Waals surface area contributed by atoms with E-state index in [1.54, 1.807) is 18.6 Å². The molecule has 4 atom stereocenters. The summed E-state index contributed by atoms with van der Waals surface area (Å²) in [6, 6.07) is 9.36. The number of piperidine rings is 1. The second-order valence-electron chi connectivity index (χ2n) is 12.6. The van der Waals surface area contributed by atoms with E-state index in [1.807, 2.05) is 34.7 Å². The summed E-state index contributed by atoms with van der Waals surface area (Å²) in [5, 5.41) is 12.1. The van der Waals surface area contributed by atoms with Gasteiger partial charge in [0.2, 0.25) is 0 Å². The Bertz CT molecular complexity index is 1670. The monoisotopic (exact) mass is 579 g/mol. The molecular weight excluding hydrogens is 543 g/mol. The van der Waals surface area contributed by atoms with Gasteiger partial charge < -0.3 is 14.8 Å². The number of imidazole rings is 1. The molecule has 2 bridgehead atoms. The topological polar surface area (TPSA) is 72.4 Å². The second kappa shape index (κ2) is 10.3. The quantitative estimate of drug-likeness (QED) is 0.355. The summed E-state index contributed by atoms with van der Waals surface area (Å²) >= 11 is 0. The van der Waals surface area contributed by atoms with Gasteiger partial charge in [0, 0.05) is 50.5 Å². The van der Waals surface area contributed by atoms with Crippen LogP contribution in [0, 0.1) is 11.8 Å². The standard InChI is InChI=1S/C31H36F3N7O/c1-19-11-22-9-10-39(15-23(12-19)36-22)25-14-26(31(32,33)34)27-17-40(30(42)41(27)16-25)24-8-4-7-21(13-24)28(20-5-3-6-20)29-37-35-18-38(29)2/h4,7-8,13-14,16-20,22-23,28,36H,3,5-6,9-12,15H2,1-2H3/t19?,22?,23?,28-/m1/s1. The van der Waals surface area contributed by atoms with Crippen molar-refractivity contribution in [1.29, 1.82) is 0 Å². The smallest absolute Gasteiger partial charge is 0.369 e. The molecular formula is C31H36F3N7O. The summed E-state index contributed by atoms with van der Waals surface area (Å²) in [5.41, 5.74) is 0.470. The van der Waals surface area contributed by atoms with Gasteiger partial charge >= 0.3 is 11.9 Å². The third-order valence-electron chi connectivity index (χ3n) is 9.61. The number of halogens is 3. The van der Waals surface area contributed by atoms with Gasteiger partial charge in [-0.1, -0.05) is 25.5 Å². The maximum atomic E-state index is 14.5. The predicted molar refractivity (Wildman–Crippen MR) is 154 cm³/mol. The molecule has 2 aliphatic heterocycles. The van der Waals surface area contributed by atoms with Crippen molar-refractivity contribution in [3.05, 3.63) is 76.5 Å². The Hall–Kier alpha value is -3.60. The zero-order valence-corrected chi connectivity index (χ0v) is 23.9. The summed E-state index contributed by atoms with van der Waals surface area (Å²) < 4.78 is 47.9. The van der Waals surface area contributed by atoms with Gasteiger partial charge in [-0.05, 0) is 67.7 Å². The summed E-state index contributed by atoms with van der Waals surface area (Å²) in [4.78, 5) is 15.8. The molecule has 7 rings (SSSR count). The van der Waals surface area contributed by atoms with Crippen LogP contribution in [-0.2, 0) is 13.2 Å². The minimum Gasteiger partial charge on any atom is -0.369 e. The summed E-state index contributed by atoms with van der Waals surface area (Å²) in [6.07, 6.45) is 6.20. The van der Waals surface area contributed by atoms with Crippen LogP contribution in [-0.4, -0.2) is 48.9 Å². The molecule has 1 aromatic carbocycles. The van der Waals surface area contributed by atoms with Crippen LogP contribution < -0.4 is 15.9 Å². The molecule has 4 aromatic rings. The summed E-state index contributed by atoms with van der Waals surface area (Å²) in [6.45, 7) is 3.50. The molecule has 0 radical (unpaired) electrons. The van der Waals surface area contributed by atoms with E-state index in [9.17, 15) is 18.0 Å². The lowest BCUT2D eigenvalue weighted by atomic mass is 9.72. The first kappa shape index (κ1) is 27.2. The van der Waals surface area contributed by atoms with Crippen LogP contribution in [0.3, 0.4) is 0 Å². The van der Waals surface area contributed by atoms with E-state index in [0.717, 1.165) is 49.9 Å². The molecule has 222 valence electrons. The van der Waals surface area contributed by atoms with E-state index in [-0.39, 0.29) is 17.5 Å². The van der Waals surface area contributed by atoms with Crippen molar-refractivity contribution >= 4 is 11.2 Å². The molecule has 3 fully saturated rings. The maximum absolute atomic E-state index is 14.5. The van der Waals surface area contributed by atoms with Crippen LogP contribution in [0.25, 0.3) is 11.2 Å². The largest absolute Gasteiger partial charge is 0.418 e. The van der Waals surface area contributed by atoms with Gasteiger partial charge in [0.05, 0.1) is 22.5 Å². The van der Waals surface area contributed by atoms with Crippen molar-refractivity contribution in [2.45, 2.75) is 69.6 Å². The highest BCUT2D eigenvalue weighted by atomic mass is 19.4. The van der Waals surface area contributed by atoms with E-state index in [0.29, 0.717) is 42.3 Å².